The molecular formula is C17H26N2. The highest BCUT2D eigenvalue weighted by Crippen LogP contribution is 2.62. The molecule has 4 unspecified atom stereocenters. The van der Waals surface area contributed by atoms with Gasteiger partial charge in [-0.15, -0.1) is 0 Å². The highest BCUT2D eigenvalue weighted by molar-refractivity contribution is 5.18. The molecule has 2 fully saturated rings. The lowest BCUT2D eigenvalue weighted by molar-refractivity contribution is 0.100. The minimum Gasteiger partial charge on any atom is -0.306 e. The van der Waals surface area contributed by atoms with E-state index in [0.29, 0.717) is 22.9 Å². The topological polar surface area (TPSA) is 24.9 Å². The summed E-state index contributed by atoms with van der Waals surface area (Å²) in [7, 11) is 0. The zero-order valence-electron chi connectivity index (χ0n) is 12.6. The van der Waals surface area contributed by atoms with E-state index in [1.54, 1.807) is 0 Å². The zero-order valence-corrected chi connectivity index (χ0v) is 12.6. The normalized spacial score (nSPS) is 37.5. The Kier molecular flexibility index (Phi) is 2.97. The van der Waals surface area contributed by atoms with Gasteiger partial charge in [0.05, 0.1) is 0 Å². The molecule has 2 aliphatic rings. The fourth-order valence-electron chi connectivity index (χ4n) is 4.72. The van der Waals surface area contributed by atoms with E-state index >= 15 is 0 Å². The largest absolute Gasteiger partial charge is 0.306 e. The van der Waals surface area contributed by atoms with E-state index in [-0.39, 0.29) is 0 Å². The zero-order chi connectivity index (χ0) is 13.7. The number of fused-ring (bicyclic) bond motifs is 2. The molecule has 2 bridgehead atoms. The Morgan fingerprint density at radius 1 is 1.26 bits per heavy atom. The van der Waals surface area contributed by atoms with Gasteiger partial charge >= 0.3 is 0 Å². The number of nitrogens with one attached hydrogen (secondary N) is 1. The van der Waals surface area contributed by atoms with E-state index in [0.717, 1.165) is 5.92 Å². The second kappa shape index (κ2) is 4.31. The molecule has 2 aliphatic carbocycles. The van der Waals surface area contributed by atoms with Gasteiger partial charge in [0.1, 0.15) is 0 Å². The Morgan fingerprint density at radius 3 is 2.53 bits per heavy atom. The van der Waals surface area contributed by atoms with Gasteiger partial charge < -0.3 is 5.32 Å². The summed E-state index contributed by atoms with van der Waals surface area (Å²) in [5.74, 6) is 0.902. The molecule has 0 spiro atoms. The van der Waals surface area contributed by atoms with Gasteiger partial charge in [0, 0.05) is 24.5 Å². The highest BCUT2D eigenvalue weighted by atomic mass is 15.0. The number of hydrogen-bond acceptors (Lipinski definition) is 2. The average Bonchev–Trinajstić information content (AvgIpc) is 2.87. The summed E-state index contributed by atoms with van der Waals surface area (Å²) in [6.45, 7) is 9.68. The fourth-order valence-corrected chi connectivity index (χ4v) is 4.72. The van der Waals surface area contributed by atoms with Crippen molar-refractivity contribution in [2.75, 3.05) is 0 Å². The maximum absolute atomic E-state index is 4.11. The second-order valence-electron chi connectivity index (χ2n) is 7.52. The first kappa shape index (κ1) is 13.1. The first-order chi connectivity index (χ1) is 8.93. The lowest BCUT2D eigenvalue weighted by Gasteiger charge is -2.44. The van der Waals surface area contributed by atoms with Crippen molar-refractivity contribution in [1.29, 1.82) is 0 Å². The summed E-state index contributed by atoms with van der Waals surface area (Å²) >= 11 is 0. The molecule has 104 valence electrons. The van der Waals surface area contributed by atoms with E-state index in [1.807, 2.05) is 12.4 Å². The van der Waals surface area contributed by atoms with E-state index in [1.165, 1.54) is 24.8 Å². The van der Waals surface area contributed by atoms with Crippen molar-refractivity contribution >= 4 is 0 Å². The first-order valence-corrected chi connectivity index (χ1v) is 7.59. The Labute approximate surface area is 117 Å². The van der Waals surface area contributed by atoms with Crippen LogP contribution in [0.25, 0.3) is 0 Å². The predicted octanol–water partition coefficient (Wildman–Crippen LogP) is 3.95. The number of rotatable bonds is 3. The summed E-state index contributed by atoms with van der Waals surface area (Å²) in [5, 5.41) is 3.93. The van der Waals surface area contributed by atoms with Crippen molar-refractivity contribution in [3.8, 4) is 0 Å². The molecule has 1 aromatic rings. The van der Waals surface area contributed by atoms with Crippen molar-refractivity contribution in [2.45, 2.75) is 59.0 Å². The quantitative estimate of drug-likeness (QED) is 0.888. The monoisotopic (exact) mass is 258 g/mol. The van der Waals surface area contributed by atoms with Gasteiger partial charge in [0.15, 0.2) is 0 Å². The highest BCUT2D eigenvalue weighted by Gasteiger charge is 2.59. The molecule has 0 amide bonds. The standard InChI is InChI=1S/C17H26N2/c1-12(13-6-9-18-10-7-13)19-15-16(2,3)14-5-8-17(15,4)11-14/h6-7,9-10,12,14-15,19H,5,8,11H2,1-4H3. The summed E-state index contributed by atoms with van der Waals surface area (Å²) < 4.78 is 0. The van der Waals surface area contributed by atoms with Crippen molar-refractivity contribution < 1.29 is 0 Å². The second-order valence-corrected chi connectivity index (χ2v) is 7.52. The van der Waals surface area contributed by atoms with Gasteiger partial charge in [-0.25, -0.2) is 0 Å². The molecule has 2 heteroatoms. The molecule has 0 aliphatic heterocycles. The van der Waals surface area contributed by atoms with E-state index in [4.69, 9.17) is 0 Å². The predicted molar refractivity (Wildman–Crippen MR) is 78.8 cm³/mol. The number of aromatic nitrogens is 1. The van der Waals surface area contributed by atoms with Crippen LogP contribution in [0.1, 0.15) is 58.6 Å². The molecular weight excluding hydrogens is 232 g/mol. The van der Waals surface area contributed by atoms with Gasteiger partial charge in [-0.3, -0.25) is 4.98 Å². The van der Waals surface area contributed by atoms with Gasteiger partial charge in [0.25, 0.3) is 0 Å². The van der Waals surface area contributed by atoms with Crippen LogP contribution in [0.4, 0.5) is 0 Å². The van der Waals surface area contributed by atoms with Crippen LogP contribution in [0.5, 0.6) is 0 Å². The number of pyridine rings is 1. The third kappa shape index (κ3) is 2.01. The Bertz CT molecular complexity index is 449. The number of hydrogen-bond donors (Lipinski definition) is 1. The first-order valence-electron chi connectivity index (χ1n) is 7.59. The molecule has 4 atom stereocenters. The molecule has 1 heterocycles. The van der Waals surface area contributed by atoms with Crippen LogP contribution in [-0.4, -0.2) is 11.0 Å². The van der Waals surface area contributed by atoms with Gasteiger partial charge in [-0.1, -0.05) is 20.8 Å². The minimum absolute atomic E-state index is 0.406. The molecule has 1 N–H and O–H groups in total. The van der Waals surface area contributed by atoms with Crippen LogP contribution in [0.2, 0.25) is 0 Å². The van der Waals surface area contributed by atoms with Crippen molar-refractivity contribution in [3.05, 3.63) is 30.1 Å². The molecule has 19 heavy (non-hydrogen) atoms. The van der Waals surface area contributed by atoms with Crippen molar-refractivity contribution in [2.24, 2.45) is 16.7 Å². The van der Waals surface area contributed by atoms with Crippen LogP contribution in [0.3, 0.4) is 0 Å². The van der Waals surface area contributed by atoms with Crippen LogP contribution < -0.4 is 5.32 Å². The molecule has 3 rings (SSSR count). The van der Waals surface area contributed by atoms with Crippen molar-refractivity contribution in [3.63, 3.8) is 0 Å². The SMILES string of the molecule is CC(NC1C2(C)CCC(C2)C1(C)C)c1ccncc1. The van der Waals surface area contributed by atoms with Gasteiger partial charge in [-0.2, -0.15) is 0 Å². The average molecular weight is 258 g/mol. The third-order valence-corrected chi connectivity index (χ3v) is 5.89. The lowest BCUT2D eigenvalue weighted by atomic mass is 9.68. The summed E-state index contributed by atoms with van der Waals surface area (Å²) in [4.78, 5) is 4.11. The smallest absolute Gasteiger partial charge is 0.0295 e. The molecule has 0 saturated heterocycles. The van der Waals surface area contributed by atoms with Gasteiger partial charge in [0.2, 0.25) is 0 Å². The van der Waals surface area contributed by atoms with Crippen LogP contribution >= 0.6 is 0 Å². The molecule has 2 saturated carbocycles. The van der Waals surface area contributed by atoms with E-state index in [2.05, 4.69) is 50.1 Å². The minimum atomic E-state index is 0.406. The summed E-state index contributed by atoms with van der Waals surface area (Å²) in [6.07, 6.45) is 8.00. The summed E-state index contributed by atoms with van der Waals surface area (Å²) in [5.41, 5.74) is 2.26. The lowest BCUT2D eigenvalue weighted by Crippen LogP contribution is -2.50. The Balaban J connectivity index is 1.80. The molecule has 2 nitrogen and oxygen atoms in total. The van der Waals surface area contributed by atoms with Crippen LogP contribution in [0.15, 0.2) is 24.5 Å². The maximum atomic E-state index is 4.11. The fraction of sp³-hybridized carbons (Fsp3) is 0.706. The van der Waals surface area contributed by atoms with Crippen LogP contribution in [0, 0.1) is 16.7 Å². The third-order valence-electron chi connectivity index (χ3n) is 5.89. The Morgan fingerprint density at radius 2 is 1.95 bits per heavy atom. The molecule has 1 aromatic heterocycles. The number of nitrogens with zero attached hydrogens (tertiary/aromatic N) is 1. The van der Waals surface area contributed by atoms with E-state index < -0.39 is 0 Å². The molecule has 0 radical (unpaired) electrons. The summed E-state index contributed by atoms with van der Waals surface area (Å²) in [6, 6.07) is 5.28. The van der Waals surface area contributed by atoms with Crippen LogP contribution in [-0.2, 0) is 0 Å². The molecule has 0 aromatic carbocycles. The van der Waals surface area contributed by atoms with Gasteiger partial charge in [-0.05, 0) is 60.6 Å². The van der Waals surface area contributed by atoms with Crippen molar-refractivity contribution in [1.82, 2.24) is 10.3 Å². The van der Waals surface area contributed by atoms with E-state index in [9.17, 15) is 0 Å². The maximum Gasteiger partial charge on any atom is 0.0295 e. The Hall–Kier alpha value is -0.890.